The van der Waals surface area contributed by atoms with E-state index in [1.54, 1.807) is 13.1 Å². The summed E-state index contributed by atoms with van der Waals surface area (Å²) in [6.07, 6.45) is 1.83. The Bertz CT molecular complexity index is 539. The second-order valence-electron chi connectivity index (χ2n) is 6.15. The van der Waals surface area contributed by atoms with Crippen molar-refractivity contribution in [3.05, 3.63) is 18.3 Å². The van der Waals surface area contributed by atoms with Gasteiger partial charge in [-0.25, -0.2) is 4.98 Å². The maximum Gasteiger partial charge on any atom is 0.303 e. The van der Waals surface area contributed by atoms with Crippen molar-refractivity contribution in [3.63, 3.8) is 0 Å². The Morgan fingerprint density at radius 3 is 2.52 bits per heavy atom. The molecule has 1 aliphatic heterocycles. The van der Waals surface area contributed by atoms with E-state index in [0.717, 1.165) is 32.0 Å². The number of carbonyl (C=O) groups is 2. The van der Waals surface area contributed by atoms with Gasteiger partial charge in [0.25, 0.3) is 0 Å². The summed E-state index contributed by atoms with van der Waals surface area (Å²) in [5.74, 6) is -0.350. The molecule has 7 nitrogen and oxygen atoms in total. The van der Waals surface area contributed by atoms with Crippen LogP contribution in [0.5, 0.6) is 0 Å². The number of aromatic nitrogens is 1. The van der Waals surface area contributed by atoms with Crippen molar-refractivity contribution >= 4 is 23.4 Å². The highest BCUT2D eigenvalue weighted by molar-refractivity contribution is 5.91. The standard InChI is InChI=1S/C16H24N4O3/c1-12(10-16(22)23)9-15(21)18-13-3-4-14(17-11-13)20-7-5-19(2)6-8-20/h3-4,11-12H,5-10H2,1-2H3,(H,18,21)(H,22,23). The Balaban J connectivity index is 1.85. The summed E-state index contributed by atoms with van der Waals surface area (Å²) in [5, 5.41) is 11.5. The summed E-state index contributed by atoms with van der Waals surface area (Å²) in [5.41, 5.74) is 0.635. The molecule has 1 atom stereocenters. The molecule has 1 aromatic heterocycles. The zero-order chi connectivity index (χ0) is 16.8. The van der Waals surface area contributed by atoms with Crippen molar-refractivity contribution in [2.24, 2.45) is 5.92 Å². The van der Waals surface area contributed by atoms with Crippen LogP contribution in [0.1, 0.15) is 19.8 Å². The lowest BCUT2D eigenvalue weighted by molar-refractivity contribution is -0.138. The van der Waals surface area contributed by atoms with Crippen molar-refractivity contribution < 1.29 is 14.7 Å². The molecule has 2 rings (SSSR count). The molecular formula is C16H24N4O3. The van der Waals surface area contributed by atoms with Gasteiger partial charge >= 0.3 is 5.97 Å². The Kier molecular flexibility index (Phi) is 5.92. The molecule has 0 aromatic carbocycles. The first kappa shape index (κ1) is 17.2. The largest absolute Gasteiger partial charge is 0.481 e. The number of likely N-dealkylation sites (N-methyl/N-ethyl adjacent to an activating group) is 1. The molecule has 0 spiro atoms. The number of anilines is 2. The second kappa shape index (κ2) is 7.92. The van der Waals surface area contributed by atoms with Gasteiger partial charge in [0.2, 0.25) is 5.91 Å². The highest BCUT2D eigenvalue weighted by atomic mass is 16.4. The monoisotopic (exact) mass is 320 g/mol. The first-order chi connectivity index (χ1) is 10.9. The first-order valence-corrected chi connectivity index (χ1v) is 7.85. The maximum atomic E-state index is 11.9. The number of carboxylic acid groups (broad SMARTS) is 1. The number of hydrogen-bond acceptors (Lipinski definition) is 5. The summed E-state index contributed by atoms with van der Waals surface area (Å²) in [4.78, 5) is 31.4. The molecule has 1 saturated heterocycles. The van der Waals surface area contributed by atoms with E-state index in [1.807, 2.05) is 12.1 Å². The van der Waals surface area contributed by atoms with Gasteiger partial charge in [0.15, 0.2) is 0 Å². The third-order valence-corrected chi connectivity index (χ3v) is 3.92. The summed E-state index contributed by atoms with van der Waals surface area (Å²) >= 11 is 0. The van der Waals surface area contributed by atoms with E-state index < -0.39 is 5.97 Å². The lowest BCUT2D eigenvalue weighted by atomic mass is 10.0. The molecular weight excluding hydrogens is 296 g/mol. The lowest BCUT2D eigenvalue weighted by Gasteiger charge is -2.33. The lowest BCUT2D eigenvalue weighted by Crippen LogP contribution is -2.44. The third-order valence-electron chi connectivity index (χ3n) is 3.92. The van der Waals surface area contributed by atoms with Crippen LogP contribution in [0.15, 0.2) is 18.3 Å². The van der Waals surface area contributed by atoms with E-state index in [-0.39, 0.29) is 24.7 Å². The number of aliphatic carboxylic acids is 1. The van der Waals surface area contributed by atoms with Crippen LogP contribution < -0.4 is 10.2 Å². The highest BCUT2D eigenvalue weighted by Crippen LogP contribution is 2.16. The number of piperazine rings is 1. The van der Waals surface area contributed by atoms with Crippen molar-refractivity contribution in [3.8, 4) is 0 Å². The molecule has 1 fully saturated rings. The van der Waals surface area contributed by atoms with Crippen molar-refractivity contribution in [2.45, 2.75) is 19.8 Å². The van der Waals surface area contributed by atoms with Crippen LogP contribution in [-0.2, 0) is 9.59 Å². The van der Waals surface area contributed by atoms with Crippen molar-refractivity contribution in [2.75, 3.05) is 43.4 Å². The van der Waals surface area contributed by atoms with Gasteiger partial charge in [0.1, 0.15) is 5.82 Å². The van der Waals surface area contributed by atoms with Gasteiger partial charge in [-0.2, -0.15) is 0 Å². The molecule has 126 valence electrons. The number of carbonyl (C=O) groups excluding carboxylic acids is 1. The number of hydrogen-bond donors (Lipinski definition) is 2. The molecule has 0 radical (unpaired) electrons. The topological polar surface area (TPSA) is 85.8 Å². The Labute approximate surface area is 136 Å². The average molecular weight is 320 g/mol. The quantitative estimate of drug-likeness (QED) is 0.821. The number of pyridine rings is 1. The van der Waals surface area contributed by atoms with E-state index in [4.69, 9.17) is 5.11 Å². The molecule has 1 unspecified atom stereocenters. The maximum absolute atomic E-state index is 11.9. The van der Waals surface area contributed by atoms with E-state index in [1.165, 1.54) is 0 Å². The zero-order valence-corrected chi connectivity index (χ0v) is 13.7. The summed E-state index contributed by atoms with van der Waals surface area (Å²) in [6.45, 7) is 5.68. The molecule has 1 aliphatic rings. The number of nitrogens with zero attached hydrogens (tertiary/aromatic N) is 3. The molecule has 2 heterocycles. The molecule has 23 heavy (non-hydrogen) atoms. The fraction of sp³-hybridized carbons (Fsp3) is 0.562. The normalized spacial score (nSPS) is 16.9. The van der Waals surface area contributed by atoms with Gasteiger partial charge < -0.3 is 20.2 Å². The van der Waals surface area contributed by atoms with Crippen molar-refractivity contribution in [1.29, 1.82) is 0 Å². The van der Waals surface area contributed by atoms with Crippen LogP contribution in [0.25, 0.3) is 0 Å². The zero-order valence-electron chi connectivity index (χ0n) is 13.7. The minimum Gasteiger partial charge on any atom is -0.481 e. The molecule has 0 aliphatic carbocycles. The summed E-state index contributed by atoms with van der Waals surface area (Å²) in [6, 6.07) is 3.74. The summed E-state index contributed by atoms with van der Waals surface area (Å²) in [7, 11) is 2.11. The molecule has 1 amide bonds. The van der Waals surface area contributed by atoms with Crippen LogP contribution in [0, 0.1) is 5.92 Å². The molecule has 7 heteroatoms. The van der Waals surface area contributed by atoms with Crippen LogP contribution in [0.4, 0.5) is 11.5 Å². The van der Waals surface area contributed by atoms with E-state index >= 15 is 0 Å². The predicted octanol–water partition coefficient (Wildman–Crippen LogP) is 1.27. The fourth-order valence-electron chi connectivity index (χ4n) is 2.58. The number of amides is 1. The molecule has 0 saturated carbocycles. The van der Waals surface area contributed by atoms with Gasteiger partial charge in [0.05, 0.1) is 11.9 Å². The van der Waals surface area contributed by atoms with E-state index in [0.29, 0.717) is 5.69 Å². The van der Waals surface area contributed by atoms with Crippen LogP contribution >= 0.6 is 0 Å². The van der Waals surface area contributed by atoms with Gasteiger partial charge in [-0.1, -0.05) is 6.92 Å². The first-order valence-electron chi connectivity index (χ1n) is 7.85. The van der Waals surface area contributed by atoms with E-state index in [2.05, 4.69) is 27.1 Å². The van der Waals surface area contributed by atoms with Crippen LogP contribution in [-0.4, -0.2) is 60.1 Å². The number of nitrogens with one attached hydrogen (secondary N) is 1. The smallest absolute Gasteiger partial charge is 0.303 e. The highest BCUT2D eigenvalue weighted by Gasteiger charge is 2.16. The minimum absolute atomic E-state index is 0.00594. The molecule has 2 N–H and O–H groups in total. The Morgan fingerprint density at radius 1 is 1.26 bits per heavy atom. The second-order valence-corrected chi connectivity index (χ2v) is 6.15. The van der Waals surface area contributed by atoms with E-state index in [9.17, 15) is 9.59 Å². The fourth-order valence-corrected chi connectivity index (χ4v) is 2.58. The van der Waals surface area contributed by atoms with Gasteiger partial charge in [-0.05, 0) is 25.1 Å². The van der Waals surface area contributed by atoms with Crippen LogP contribution in [0.2, 0.25) is 0 Å². The molecule has 0 bridgehead atoms. The third kappa shape index (κ3) is 5.52. The average Bonchev–Trinajstić information content (AvgIpc) is 2.48. The number of rotatable bonds is 6. The SMILES string of the molecule is CC(CC(=O)O)CC(=O)Nc1ccc(N2CCN(C)CC2)nc1. The Hall–Kier alpha value is -2.15. The predicted molar refractivity (Wildman–Crippen MR) is 88.6 cm³/mol. The van der Waals surface area contributed by atoms with Gasteiger partial charge in [0, 0.05) is 39.0 Å². The number of carboxylic acids is 1. The molecule has 1 aromatic rings. The summed E-state index contributed by atoms with van der Waals surface area (Å²) < 4.78 is 0. The van der Waals surface area contributed by atoms with Gasteiger partial charge in [-0.15, -0.1) is 0 Å². The minimum atomic E-state index is -0.886. The van der Waals surface area contributed by atoms with Crippen LogP contribution in [0.3, 0.4) is 0 Å². The van der Waals surface area contributed by atoms with Gasteiger partial charge in [-0.3, -0.25) is 9.59 Å². The Morgan fingerprint density at radius 2 is 1.96 bits per heavy atom. The van der Waals surface area contributed by atoms with Crippen molar-refractivity contribution in [1.82, 2.24) is 9.88 Å².